The van der Waals surface area contributed by atoms with Crippen LogP contribution in [0.15, 0.2) is 30.3 Å². The minimum atomic E-state index is 0.429. The van der Waals surface area contributed by atoms with Gasteiger partial charge < -0.3 is 5.73 Å². The molecule has 4 heteroatoms. The van der Waals surface area contributed by atoms with Gasteiger partial charge in [0.2, 0.25) is 0 Å². The molecule has 0 aliphatic carbocycles. The molecular formula is C10H10N4. The highest BCUT2D eigenvalue weighted by Crippen LogP contribution is 2.14. The normalized spacial score (nSPS) is 10.1. The molecule has 0 amide bonds. The molecule has 0 saturated carbocycles. The third-order valence-electron chi connectivity index (χ3n) is 1.92. The van der Waals surface area contributed by atoms with Crippen molar-refractivity contribution in [2.24, 2.45) is 0 Å². The lowest BCUT2D eigenvalue weighted by Crippen LogP contribution is -2.01. The van der Waals surface area contributed by atoms with Gasteiger partial charge in [-0.05, 0) is 6.92 Å². The number of benzene rings is 1. The lowest BCUT2D eigenvalue weighted by Gasteiger charge is -2.00. The second-order valence-electron chi connectivity index (χ2n) is 2.97. The smallest absolute Gasteiger partial charge is 0.183 e. The van der Waals surface area contributed by atoms with Crippen molar-refractivity contribution >= 4 is 5.82 Å². The number of aromatic nitrogens is 3. The molecular weight excluding hydrogens is 176 g/mol. The van der Waals surface area contributed by atoms with Crippen molar-refractivity contribution in [1.29, 1.82) is 0 Å². The maximum Gasteiger partial charge on any atom is 0.183 e. The monoisotopic (exact) mass is 186 g/mol. The Morgan fingerprint density at radius 2 is 1.79 bits per heavy atom. The van der Waals surface area contributed by atoms with Crippen molar-refractivity contribution in [2.45, 2.75) is 6.92 Å². The molecule has 0 spiro atoms. The minimum absolute atomic E-state index is 0.429. The number of rotatable bonds is 1. The molecule has 0 atom stereocenters. The quantitative estimate of drug-likeness (QED) is 0.731. The fourth-order valence-electron chi connectivity index (χ4n) is 1.10. The Bertz CT molecular complexity index is 439. The number of nitrogen functional groups attached to an aromatic ring is 1. The molecule has 0 fully saturated rings. The summed E-state index contributed by atoms with van der Waals surface area (Å²) in [5.74, 6) is 0.993. The molecule has 4 nitrogen and oxygen atoms in total. The van der Waals surface area contributed by atoms with E-state index in [1.807, 2.05) is 30.3 Å². The predicted molar refractivity (Wildman–Crippen MR) is 54.4 cm³/mol. The predicted octanol–water partition coefficient (Wildman–Crippen LogP) is 1.43. The van der Waals surface area contributed by atoms with Crippen LogP contribution in [0.1, 0.15) is 5.69 Å². The highest BCUT2D eigenvalue weighted by atomic mass is 15.2. The molecule has 0 unspecified atom stereocenters. The Balaban J connectivity index is 2.48. The van der Waals surface area contributed by atoms with Gasteiger partial charge in [0.25, 0.3) is 0 Å². The van der Waals surface area contributed by atoms with E-state index in [1.54, 1.807) is 6.92 Å². The summed E-state index contributed by atoms with van der Waals surface area (Å²) in [5.41, 5.74) is 7.22. The number of aryl methyl sites for hydroxylation is 1. The largest absolute Gasteiger partial charge is 0.382 e. The minimum Gasteiger partial charge on any atom is -0.382 e. The molecule has 2 N–H and O–H groups in total. The average Bonchev–Trinajstić information content (AvgIpc) is 2.23. The lowest BCUT2D eigenvalue weighted by atomic mass is 10.2. The first-order valence-electron chi connectivity index (χ1n) is 4.29. The summed E-state index contributed by atoms with van der Waals surface area (Å²) in [7, 11) is 0. The summed E-state index contributed by atoms with van der Waals surface area (Å²) in [6.45, 7) is 1.78. The summed E-state index contributed by atoms with van der Waals surface area (Å²) in [6, 6.07) is 9.63. The van der Waals surface area contributed by atoms with Gasteiger partial charge in [0.15, 0.2) is 5.82 Å². The first-order valence-corrected chi connectivity index (χ1v) is 4.29. The van der Waals surface area contributed by atoms with Gasteiger partial charge in [-0.15, -0.1) is 10.2 Å². The van der Waals surface area contributed by atoms with Gasteiger partial charge in [-0.3, -0.25) is 0 Å². The van der Waals surface area contributed by atoms with E-state index >= 15 is 0 Å². The number of nitrogens with zero attached hydrogens (tertiary/aromatic N) is 3. The van der Waals surface area contributed by atoms with Crippen molar-refractivity contribution < 1.29 is 0 Å². The molecule has 70 valence electrons. The van der Waals surface area contributed by atoms with E-state index in [9.17, 15) is 0 Å². The fourth-order valence-corrected chi connectivity index (χ4v) is 1.10. The van der Waals surface area contributed by atoms with Gasteiger partial charge in [0, 0.05) is 5.56 Å². The Morgan fingerprint density at radius 3 is 2.43 bits per heavy atom. The van der Waals surface area contributed by atoms with Crippen LogP contribution in [0.2, 0.25) is 0 Å². The van der Waals surface area contributed by atoms with E-state index in [-0.39, 0.29) is 0 Å². The zero-order valence-corrected chi connectivity index (χ0v) is 7.81. The SMILES string of the molecule is Cc1nnc(-c2ccccc2)nc1N. The van der Waals surface area contributed by atoms with Crippen LogP contribution in [-0.4, -0.2) is 15.2 Å². The molecule has 0 aliphatic rings. The van der Waals surface area contributed by atoms with Crippen LogP contribution in [0.5, 0.6) is 0 Å². The van der Waals surface area contributed by atoms with E-state index in [1.165, 1.54) is 0 Å². The van der Waals surface area contributed by atoms with Gasteiger partial charge in [0.1, 0.15) is 11.5 Å². The third-order valence-corrected chi connectivity index (χ3v) is 1.92. The van der Waals surface area contributed by atoms with Gasteiger partial charge in [0.05, 0.1) is 0 Å². The Morgan fingerprint density at radius 1 is 1.07 bits per heavy atom. The summed E-state index contributed by atoms with van der Waals surface area (Å²) in [6.07, 6.45) is 0. The summed E-state index contributed by atoms with van der Waals surface area (Å²) < 4.78 is 0. The Kier molecular flexibility index (Phi) is 2.10. The van der Waals surface area contributed by atoms with Crippen molar-refractivity contribution in [3.05, 3.63) is 36.0 Å². The number of anilines is 1. The maximum absolute atomic E-state index is 5.64. The van der Waals surface area contributed by atoms with Crippen molar-refractivity contribution in [1.82, 2.24) is 15.2 Å². The van der Waals surface area contributed by atoms with Gasteiger partial charge in [-0.2, -0.15) is 0 Å². The van der Waals surface area contributed by atoms with Crippen molar-refractivity contribution in [3.63, 3.8) is 0 Å². The van der Waals surface area contributed by atoms with Gasteiger partial charge >= 0.3 is 0 Å². The standard InChI is InChI=1S/C10H10N4/c1-7-9(11)12-10(14-13-7)8-5-3-2-4-6-8/h2-6H,1H3,(H2,11,12,14). The van der Waals surface area contributed by atoms with Crippen LogP contribution < -0.4 is 5.73 Å². The highest BCUT2D eigenvalue weighted by molar-refractivity contribution is 5.55. The first-order chi connectivity index (χ1) is 6.77. The zero-order chi connectivity index (χ0) is 9.97. The number of nitrogens with two attached hydrogens (primary N) is 1. The van der Waals surface area contributed by atoms with Crippen molar-refractivity contribution in [2.75, 3.05) is 5.73 Å². The van der Waals surface area contributed by atoms with Crippen LogP contribution >= 0.6 is 0 Å². The fraction of sp³-hybridized carbons (Fsp3) is 0.100. The van der Waals surface area contributed by atoms with E-state index in [2.05, 4.69) is 15.2 Å². The highest BCUT2D eigenvalue weighted by Gasteiger charge is 2.03. The van der Waals surface area contributed by atoms with Crippen LogP contribution in [0.3, 0.4) is 0 Å². The summed E-state index contributed by atoms with van der Waals surface area (Å²) >= 11 is 0. The lowest BCUT2D eigenvalue weighted by molar-refractivity contribution is 0.943. The van der Waals surface area contributed by atoms with E-state index in [0.717, 1.165) is 5.56 Å². The van der Waals surface area contributed by atoms with Crippen LogP contribution in [0.4, 0.5) is 5.82 Å². The molecule has 1 aromatic carbocycles. The van der Waals surface area contributed by atoms with Crippen LogP contribution in [0.25, 0.3) is 11.4 Å². The number of hydrogen-bond acceptors (Lipinski definition) is 4. The summed E-state index contributed by atoms with van der Waals surface area (Å²) in [4.78, 5) is 4.15. The second-order valence-corrected chi connectivity index (χ2v) is 2.97. The van der Waals surface area contributed by atoms with E-state index < -0.39 is 0 Å². The molecule has 2 rings (SSSR count). The molecule has 0 saturated heterocycles. The van der Waals surface area contributed by atoms with E-state index in [0.29, 0.717) is 17.3 Å². The molecule has 2 aromatic rings. The second kappa shape index (κ2) is 3.41. The van der Waals surface area contributed by atoms with Gasteiger partial charge in [-0.1, -0.05) is 30.3 Å². The van der Waals surface area contributed by atoms with Crippen LogP contribution in [0, 0.1) is 6.92 Å². The van der Waals surface area contributed by atoms with E-state index in [4.69, 9.17) is 5.73 Å². The maximum atomic E-state index is 5.64. The Hall–Kier alpha value is -1.97. The average molecular weight is 186 g/mol. The molecule has 1 heterocycles. The molecule has 0 radical (unpaired) electrons. The van der Waals surface area contributed by atoms with Gasteiger partial charge in [-0.25, -0.2) is 4.98 Å². The summed E-state index contributed by atoms with van der Waals surface area (Å²) in [5, 5.41) is 7.89. The van der Waals surface area contributed by atoms with Crippen LogP contribution in [-0.2, 0) is 0 Å². The molecule has 0 bridgehead atoms. The number of hydrogen-bond donors (Lipinski definition) is 1. The molecule has 0 aliphatic heterocycles. The third kappa shape index (κ3) is 1.54. The zero-order valence-electron chi connectivity index (χ0n) is 7.81. The van der Waals surface area contributed by atoms with Crippen molar-refractivity contribution in [3.8, 4) is 11.4 Å². The Labute approximate surface area is 81.8 Å². The molecule has 1 aromatic heterocycles. The first kappa shape index (κ1) is 8.62. The topological polar surface area (TPSA) is 64.7 Å². The molecule has 14 heavy (non-hydrogen) atoms.